The molecule has 0 radical (unpaired) electrons. The lowest BCUT2D eigenvalue weighted by atomic mass is 10.1. The van der Waals surface area contributed by atoms with Gasteiger partial charge in [0.05, 0.1) is 20.3 Å². The Morgan fingerprint density at radius 1 is 0.926 bits per heavy atom. The van der Waals surface area contributed by atoms with Gasteiger partial charge < -0.3 is 19.5 Å². The maximum Gasteiger partial charge on any atom is 0.261 e. The van der Waals surface area contributed by atoms with Crippen molar-refractivity contribution in [2.45, 2.75) is 46.8 Å². The molecule has 2 aromatic carbocycles. The van der Waals surface area contributed by atoms with Crippen LogP contribution < -0.4 is 19.5 Å². The SMILES string of the molecule is COc1ccc([C@@H](C)NC(=O)[C@@H](C)Oc2cc(C)cc(C)c2C)cc1OC. The highest BCUT2D eigenvalue weighted by Gasteiger charge is 2.20. The first-order valence-electron chi connectivity index (χ1n) is 9.03. The number of methoxy groups -OCH3 is 2. The number of rotatable bonds is 7. The minimum absolute atomic E-state index is 0.171. The van der Waals surface area contributed by atoms with Gasteiger partial charge in [0, 0.05) is 0 Å². The zero-order valence-electron chi connectivity index (χ0n) is 17.2. The van der Waals surface area contributed by atoms with Gasteiger partial charge in [-0.2, -0.15) is 0 Å². The topological polar surface area (TPSA) is 56.8 Å². The van der Waals surface area contributed by atoms with Crippen LogP contribution in [0.1, 0.15) is 42.1 Å². The van der Waals surface area contributed by atoms with Crippen LogP contribution in [0.15, 0.2) is 30.3 Å². The number of nitrogens with one attached hydrogen (secondary N) is 1. The van der Waals surface area contributed by atoms with Gasteiger partial charge in [0.25, 0.3) is 5.91 Å². The van der Waals surface area contributed by atoms with E-state index in [1.165, 1.54) is 0 Å². The molecule has 2 atom stereocenters. The third-order valence-electron chi connectivity index (χ3n) is 4.70. The maximum atomic E-state index is 12.6. The fourth-order valence-electron chi connectivity index (χ4n) is 2.90. The second kappa shape index (κ2) is 8.80. The van der Waals surface area contributed by atoms with E-state index >= 15 is 0 Å². The summed E-state index contributed by atoms with van der Waals surface area (Å²) in [5.41, 5.74) is 4.24. The summed E-state index contributed by atoms with van der Waals surface area (Å²) in [6, 6.07) is 9.48. The molecule has 0 unspecified atom stereocenters. The molecule has 5 nitrogen and oxygen atoms in total. The molecule has 146 valence electrons. The minimum Gasteiger partial charge on any atom is -0.493 e. The Balaban J connectivity index is 2.08. The lowest BCUT2D eigenvalue weighted by Gasteiger charge is -2.21. The molecule has 0 aliphatic carbocycles. The highest BCUT2D eigenvalue weighted by atomic mass is 16.5. The zero-order chi connectivity index (χ0) is 20.1. The number of aryl methyl sites for hydroxylation is 2. The van der Waals surface area contributed by atoms with E-state index in [1.54, 1.807) is 21.1 Å². The molecule has 0 saturated heterocycles. The number of benzene rings is 2. The molecule has 1 N–H and O–H groups in total. The first-order chi connectivity index (χ1) is 12.8. The second-order valence-electron chi connectivity index (χ2n) is 6.81. The minimum atomic E-state index is -0.604. The van der Waals surface area contributed by atoms with Crippen molar-refractivity contribution in [2.75, 3.05) is 14.2 Å². The van der Waals surface area contributed by atoms with Gasteiger partial charge in [-0.3, -0.25) is 4.79 Å². The Labute approximate surface area is 161 Å². The summed E-state index contributed by atoms with van der Waals surface area (Å²) in [5.74, 6) is 1.86. The number of amides is 1. The first-order valence-corrected chi connectivity index (χ1v) is 9.03. The average Bonchev–Trinajstić information content (AvgIpc) is 2.64. The van der Waals surface area contributed by atoms with E-state index < -0.39 is 6.10 Å². The molecule has 0 aliphatic heterocycles. The summed E-state index contributed by atoms with van der Waals surface area (Å²) in [4.78, 5) is 12.6. The third-order valence-corrected chi connectivity index (χ3v) is 4.70. The molecule has 1 amide bonds. The van der Waals surface area contributed by atoms with Gasteiger partial charge in [-0.1, -0.05) is 12.1 Å². The fourth-order valence-corrected chi connectivity index (χ4v) is 2.90. The normalized spacial score (nSPS) is 12.9. The summed E-state index contributed by atoms with van der Waals surface area (Å²) in [6.07, 6.45) is -0.604. The predicted octanol–water partition coefficient (Wildman–Crippen LogP) is 4.27. The summed E-state index contributed by atoms with van der Waals surface area (Å²) in [5, 5.41) is 2.99. The molecule has 0 spiro atoms. The smallest absolute Gasteiger partial charge is 0.261 e. The molecular formula is C22H29NO4. The number of hydrogen-bond donors (Lipinski definition) is 1. The maximum absolute atomic E-state index is 12.6. The van der Waals surface area contributed by atoms with Crippen LogP contribution in [-0.2, 0) is 4.79 Å². The fraction of sp³-hybridized carbons (Fsp3) is 0.409. The first kappa shape index (κ1) is 20.6. The Kier molecular flexibility index (Phi) is 6.72. The van der Waals surface area contributed by atoms with Crippen LogP contribution in [0.4, 0.5) is 0 Å². The van der Waals surface area contributed by atoms with Crippen molar-refractivity contribution < 1.29 is 19.0 Å². The van der Waals surface area contributed by atoms with E-state index in [2.05, 4.69) is 11.4 Å². The van der Waals surface area contributed by atoms with Crippen LogP contribution in [-0.4, -0.2) is 26.2 Å². The molecule has 2 aromatic rings. The van der Waals surface area contributed by atoms with Crippen molar-refractivity contribution in [3.8, 4) is 17.2 Å². The zero-order valence-corrected chi connectivity index (χ0v) is 17.2. The molecule has 5 heteroatoms. The standard InChI is InChI=1S/C22H29NO4/c1-13-10-14(2)15(3)20(11-13)27-17(5)22(24)23-16(4)18-8-9-19(25-6)21(12-18)26-7/h8-12,16-17H,1-7H3,(H,23,24)/t16-,17-/m1/s1. The van der Waals surface area contributed by atoms with Crippen LogP contribution in [0.25, 0.3) is 0 Å². The Hall–Kier alpha value is -2.69. The quantitative estimate of drug-likeness (QED) is 0.789. The molecule has 27 heavy (non-hydrogen) atoms. The van der Waals surface area contributed by atoms with Gasteiger partial charge in [0.1, 0.15) is 5.75 Å². The molecule has 0 saturated carbocycles. The molecule has 2 rings (SSSR count). The predicted molar refractivity (Wildman–Crippen MR) is 107 cm³/mol. The average molecular weight is 371 g/mol. The van der Waals surface area contributed by atoms with Gasteiger partial charge in [0.2, 0.25) is 0 Å². The van der Waals surface area contributed by atoms with E-state index in [1.807, 2.05) is 52.0 Å². The monoisotopic (exact) mass is 371 g/mol. The van der Waals surface area contributed by atoms with Gasteiger partial charge in [-0.05, 0) is 75.1 Å². The summed E-state index contributed by atoms with van der Waals surface area (Å²) in [6.45, 7) is 9.74. The van der Waals surface area contributed by atoms with Crippen molar-refractivity contribution in [1.82, 2.24) is 5.32 Å². The van der Waals surface area contributed by atoms with Crippen LogP contribution in [0.5, 0.6) is 17.2 Å². The number of carbonyl (C=O) groups is 1. The Bertz CT molecular complexity index is 816. The van der Waals surface area contributed by atoms with Gasteiger partial charge in [-0.25, -0.2) is 0 Å². The van der Waals surface area contributed by atoms with Crippen molar-refractivity contribution in [2.24, 2.45) is 0 Å². The third kappa shape index (κ3) is 4.94. The summed E-state index contributed by atoms with van der Waals surface area (Å²) in [7, 11) is 3.18. The lowest BCUT2D eigenvalue weighted by molar-refractivity contribution is -0.127. The van der Waals surface area contributed by atoms with E-state index in [4.69, 9.17) is 14.2 Å². The lowest BCUT2D eigenvalue weighted by Crippen LogP contribution is -2.37. The van der Waals surface area contributed by atoms with Crippen LogP contribution in [0.2, 0.25) is 0 Å². The van der Waals surface area contributed by atoms with E-state index in [0.717, 1.165) is 28.0 Å². The van der Waals surface area contributed by atoms with Crippen molar-refractivity contribution in [1.29, 1.82) is 0 Å². The molecule has 0 aromatic heterocycles. The van der Waals surface area contributed by atoms with E-state index in [-0.39, 0.29) is 11.9 Å². The van der Waals surface area contributed by atoms with Crippen molar-refractivity contribution in [3.63, 3.8) is 0 Å². The Morgan fingerprint density at radius 3 is 2.22 bits per heavy atom. The highest BCUT2D eigenvalue weighted by Crippen LogP contribution is 2.30. The summed E-state index contributed by atoms with van der Waals surface area (Å²) >= 11 is 0. The molecule has 0 fully saturated rings. The van der Waals surface area contributed by atoms with Gasteiger partial charge >= 0.3 is 0 Å². The Morgan fingerprint density at radius 2 is 1.59 bits per heavy atom. The van der Waals surface area contributed by atoms with Crippen molar-refractivity contribution >= 4 is 5.91 Å². The van der Waals surface area contributed by atoms with E-state index in [0.29, 0.717) is 11.5 Å². The van der Waals surface area contributed by atoms with E-state index in [9.17, 15) is 4.79 Å². The number of carbonyl (C=O) groups excluding carboxylic acids is 1. The van der Waals surface area contributed by atoms with Crippen LogP contribution in [0, 0.1) is 20.8 Å². The molecule has 0 heterocycles. The van der Waals surface area contributed by atoms with Crippen molar-refractivity contribution in [3.05, 3.63) is 52.6 Å². The van der Waals surface area contributed by atoms with Crippen LogP contribution in [0.3, 0.4) is 0 Å². The number of ether oxygens (including phenoxy) is 3. The van der Waals surface area contributed by atoms with Gasteiger partial charge in [-0.15, -0.1) is 0 Å². The summed E-state index contributed by atoms with van der Waals surface area (Å²) < 4.78 is 16.5. The largest absolute Gasteiger partial charge is 0.493 e. The molecule has 0 bridgehead atoms. The molecule has 0 aliphatic rings. The second-order valence-corrected chi connectivity index (χ2v) is 6.81. The highest BCUT2D eigenvalue weighted by molar-refractivity contribution is 5.81. The molecular weight excluding hydrogens is 342 g/mol. The van der Waals surface area contributed by atoms with Crippen LogP contribution >= 0.6 is 0 Å². The number of hydrogen-bond acceptors (Lipinski definition) is 4. The van der Waals surface area contributed by atoms with Gasteiger partial charge in [0.15, 0.2) is 17.6 Å².